The summed E-state index contributed by atoms with van der Waals surface area (Å²) in [5, 5.41) is 13.3. The molecule has 33 heavy (non-hydrogen) atoms. The third kappa shape index (κ3) is 5.19. The molecular weight excluding hydrogens is 429 g/mol. The van der Waals surface area contributed by atoms with E-state index in [0.717, 1.165) is 10.7 Å². The van der Waals surface area contributed by atoms with E-state index in [9.17, 15) is 14.0 Å². The molecule has 1 atom stereocenters. The van der Waals surface area contributed by atoms with Crippen LogP contribution < -0.4 is 10.3 Å². The van der Waals surface area contributed by atoms with Crippen LogP contribution in [0.2, 0.25) is 0 Å². The fraction of sp³-hybridized carbons (Fsp3) is 0.435. The molecule has 0 aliphatic carbocycles. The Balaban J connectivity index is 1.50. The minimum absolute atomic E-state index is 0.116. The van der Waals surface area contributed by atoms with E-state index in [-0.39, 0.29) is 29.5 Å². The van der Waals surface area contributed by atoms with Crippen molar-refractivity contribution in [3.63, 3.8) is 0 Å². The Bertz CT molecular complexity index is 1200. The summed E-state index contributed by atoms with van der Waals surface area (Å²) in [4.78, 5) is 30.8. The average molecular weight is 453 g/mol. The summed E-state index contributed by atoms with van der Waals surface area (Å²) in [5.41, 5.74) is -0.513. The maximum absolute atomic E-state index is 14.1. The molecule has 0 radical (unpaired) electrons. The van der Waals surface area contributed by atoms with Crippen LogP contribution in [-0.2, 0) is 4.74 Å². The number of nitrogens with zero attached hydrogens (tertiary/aromatic N) is 5. The first-order valence-electron chi connectivity index (χ1n) is 10.7. The Morgan fingerprint density at radius 3 is 2.52 bits per heavy atom. The highest BCUT2D eigenvalue weighted by Gasteiger charge is 2.30. The van der Waals surface area contributed by atoms with Gasteiger partial charge in [-0.15, -0.1) is 0 Å². The molecule has 1 unspecified atom stereocenters. The summed E-state index contributed by atoms with van der Waals surface area (Å²) in [7, 11) is 0. The molecule has 0 saturated carbocycles. The molecule has 4 rings (SSSR count). The number of rotatable bonds is 4. The van der Waals surface area contributed by atoms with E-state index < -0.39 is 17.0 Å². The van der Waals surface area contributed by atoms with Gasteiger partial charge in [0.15, 0.2) is 5.75 Å². The Morgan fingerprint density at radius 2 is 1.94 bits per heavy atom. The predicted molar refractivity (Wildman–Crippen MR) is 117 cm³/mol. The van der Waals surface area contributed by atoms with Gasteiger partial charge in [-0.2, -0.15) is 15.0 Å². The van der Waals surface area contributed by atoms with Crippen molar-refractivity contribution in [2.24, 2.45) is 4.99 Å². The molecule has 9 nitrogen and oxygen atoms in total. The van der Waals surface area contributed by atoms with Crippen molar-refractivity contribution in [2.75, 3.05) is 13.1 Å². The second-order valence-corrected chi connectivity index (χ2v) is 8.95. The predicted octanol–water partition coefficient (Wildman–Crippen LogP) is 3.15. The van der Waals surface area contributed by atoms with Crippen LogP contribution in [0.15, 0.2) is 34.1 Å². The minimum atomic E-state index is -0.731. The number of likely N-dealkylation sites (tertiary alicyclic amines) is 1. The lowest BCUT2D eigenvalue weighted by Gasteiger charge is -2.33. The van der Waals surface area contributed by atoms with Gasteiger partial charge < -0.3 is 14.4 Å². The Hall–Kier alpha value is -3.74. The van der Waals surface area contributed by atoms with Crippen LogP contribution in [0.25, 0.3) is 5.69 Å². The van der Waals surface area contributed by atoms with Crippen molar-refractivity contribution in [1.29, 1.82) is 5.26 Å². The zero-order chi connectivity index (χ0) is 23.8. The van der Waals surface area contributed by atoms with E-state index >= 15 is 0 Å². The smallest absolute Gasteiger partial charge is 0.410 e. The topological polar surface area (TPSA) is 110 Å². The number of aromatic nitrogens is 2. The summed E-state index contributed by atoms with van der Waals surface area (Å²) in [5.74, 6) is -0.409. The van der Waals surface area contributed by atoms with Gasteiger partial charge in [0.05, 0.1) is 11.3 Å². The van der Waals surface area contributed by atoms with Crippen LogP contribution in [0.3, 0.4) is 0 Å². The van der Waals surface area contributed by atoms with E-state index in [4.69, 9.17) is 14.7 Å². The van der Waals surface area contributed by atoms with Gasteiger partial charge in [-0.1, -0.05) is 0 Å². The third-order valence-corrected chi connectivity index (χ3v) is 5.21. The van der Waals surface area contributed by atoms with Gasteiger partial charge in [-0.05, 0) is 32.9 Å². The largest absolute Gasteiger partial charge is 0.488 e. The maximum atomic E-state index is 14.1. The van der Waals surface area contributed by atoms with E-state index in [2.05, 4.69) is 10.1 Å². The van der Waals surface area contributed by atoms with Gasteiger partial charge >= 0.3 is 6.09 Å². The molecule has 1 amide bonds. The fourth-order valence-corrected chi connectivity index (χ4v) is 3.51. The molecule has 0 spiro atoms. The van der Waals surface area contributed by atoms with Gasteiger partial charge in [-0.25, -0.2) is 9.18 Å². The van der Waals surface area contributed by atoms with Gasteiger partial charge in [-0.3, -0.25) is 9.79 Å². The molecule has 0 bridgehead atoms. The minimum Gasteiger partial charge on any atom is -0.488 e. The molecule has 1 aromatic heterocycles. The van der Waals surface area contributed by atoms with Crippen molar-refractivity contribution in [1.82, 2.24) is 14.7 Å². The molecule has 172 valence electrons. The normalized spacial score (nSPS) is 18.0. The van der Waals surface area contributed by atoms with Gasteiger partial charge in [0, 0.05) is 44.3 Å². The second-order valence-electron chi connectivity index (χ2n) is 8.95. The zero-order valence-electron chi connectivity index (χ0n) is 18.6. The van der Waals surface area contributed by atoms with Crippen molar-refractivity contribution < 1.29 is 18.7 Å². The first-order chi connectivity index (χ1) is 15.6. The molecule has 2 aliphatic rings. The number of aliphatic imine (C=N–C) groups is 1. The molecule has 2 aromatic rings. The van der Waals surface area contributed by atoms with Crippen LogP contribution in [0.5, 0.6) is 5.75 Å². The molecule has 1 aromatic carbocycles. The van der Waals surface area contributed by atoms with Crippen LogP contribution in [0, 0.1) is 17.1 Å². The summed E-state index contributed by atoms with van der Waals surface area (Å²) in [6.45, 7) is 6.42. The molecule has 1 saturated heterocycles. The second kappa shape index (κ2) is 8.65. The number of ether oxygens (including phenoxy) is 2. The SMILES string of the molecule is CC(C)(C)OC(=O)N1CCC(Oc2cc(=O)n(-c3ccc(C#N)c(F)c3)nc2C2C=N2)CC1. The number of hydrogen-bond donors (Lipinski definition) is 0. The number of hydrogen-bond acceptors (Lipinski definition) is 7. The number of amides is 1. The summed E-state index contributed by atoms with van der Waals surface area (Å²) >= 11 is 0. The van der Waals surface area contributed by atoms with E-state index in [1.165, 1.54) is 18.2 Å². The van der Waals surface area contributed by atoms with Crippen molar-refractivity contribution in [3.05, 3.63) is 51.7 Å². The Morgan fingerprint density at radius 1 is 1.24 bits per heavy atom. The first kappa shape index (κ1) is 22.5. The lowest BCUT2D eigenvalue weighted by molar-refractivity contribution is 0.0125. The average Bonchev–Trinajstić information content (AvgIpc) is 3.58. The molecule has 0 N–H and O–H groups in total. The fourth-order valence-electron chi connectivity index (χ4n) is 3.51. The van der Waals surface area contributed by atoms with Crippen molar-refractivity contribution >= 4 is 12.3 Å². The Kier molecular flexibility index (Phi) is 5.89. The quantitative estimate of drug-likeness (QED) is 0.703. The summed E-state index contributed by atoms with van der Waals surface area (Å²) in [6, 6.07) is 6.61. The highest BCUT2D eigenvalue weighted by atomic mass is 19.1. The van der Waals surface area contributed by atoms with Gasteiger partial charge in [0.25, 0.3) is 5.56 Å². The van der Waals surface area contributed by atoms with Crippen LogP contribution in [0.4, 0.5) is 9.18 Å². The summed E-state index contributed by atoms with van der Waals surface area (Å²) in [6.07, 6.45) is 2.27. The molecule has 3 heterocycles. The zero-order valence-corrected chi connectivity index (χ0v) is 18.6. The number of carbonyl (C=O) groups excluding carboxylic acids is 1. The van der Waals surface area contributed by atoms with Crippen LogP contribution >= 0.6 is 0 Å². The molecule has 1 fully saturated rings. The monoisotopic (exact) mass is 453 g/mol. The lowest BCUT2D eigenvalue weighted by atomic mass is 10.1. The number of carbonyl (C=O) groups is 1. The van der Waals surface area contributed by atoms with Gasteiger partial charge in [0.1, 0.15) is 35.3 Å². The maximum Gasteiger partial charge on any atom is 0.410 e. The van der Waals surface area contributed by atoms with Crippen LogP contribution in [0.1, 0.15) is 50.9 Å². The summed E-state index contributed by atoms with van der Waals surface area (Å²) < 4.78 is 26.6. The number of benzene rings is 1. The first-order valence-corrected chi connectivity index (χ1v) is 10.7. The van der Waals surface area contributed by atoms with Crippen molar-refractivity contribution in [2.45, 2.75) is 51.4 Å². The molecule has 10 heteroatoms. The van der Waals surface area contributed by atoms with E-state index in [0.29, 0.717) is 37.4 Å². The third-order valence-electron chi connectivity index (χ3n) is 5.21. The number of piperidine rings is 1. The number of halogens is 1. The van der Waals surface area contributed by atoms with Crippen molar-refractivity contribution in [3.8, 4) is 17.5 Å². The highest BCUT2D eigenvalue weighted by Crippen LogP contribution is 2.31. The van der Waals surface area contributed by atoms with E-state index in [1.807, 2.05) is 20.8 Å². The molecular formula is C23H24FN5O4. The van der Waals surface area contributed by atoms with E-state index in [1.54, 1.807) is 17.2 Å². The van der Waals surface area contributed by atoms with Gasteiger partial charge in [0.2, 0.25) is 0 Å². The van der Waals surface area contributed by atoms with Crippen LogP contribution in [-0.4, -0.2) is 51.8 Å². The number of nitriles is 1. The Labute approximate surface area is 190 Å². The molecule has 2 aliphatic heterocycles. The highest BCUT2D eigenvalue weighted by molar-refractivity contribution is 5.80. The lowest BCUT2D eigenvalue weighted by Crippen LogP contribution is -2.44. The standard InChI is InChI=1S/C23H24FN5O4/c1-23(2,3)33-22(31)28-8-6-16(7-9-28)32-19-11-20(30)29(27-21(19)18-13-26-18)15-5-4-14(12-25)17(24)10-15/h4-5,10-11,13,16,18H,6-9H2,1-3H3.